The van der Waals surface area contributed by atoms with Crippen LogP contribution < -0.4 is 22.7 Å². The molecule has 0 fully saturated rings. The van der Waals surface area contributed by atoms with Gasteiger partial charge in [-0.1, -0.05) is 48.5 Å². The molecule has 0 radical (unpaired) electrons. The fourth-order valence-corrected chi connectivity index (χ4v) is 3.20. The van der Waals surface area contributed by atoms with Gasteiger partial charge >= 0.3 is 0 Å². The largest absolute Gasteiger partial charge is 0.321 e. The van der Waals surface area contributed by atoms with Gasteiger partial charge in [-0.25, -0.2) is 15.3 Å². The zero-order valence-corrected chi connectivity index (χ0v) is 15.2. The van der Waals surface area contributed by atoms with Gasteiger partial charge in [0.25, 0.3) is 5.56 Å². The Bertz CT molecular complexity index is 1240. The van der Waals surface area contributed by atoms with Crippen LogP contribution in [0.5, 0.6) is 0 Å². The van der Waals surface area contributed by atoms with Crippen LogP contribution in [0, 0.1) is 6.92 Å². The summed E-state index contributed by atoms with van der Waals surface area (Å²) in [4.78, 5) is 17.4. The van der Waals surface area contributed by atoms with Gasteiger partial charge in [0, 0.05) is 22.8 Å². The summed E-state index contributed by atoms with van der Waals surface area (Å²) in [5, 5.41) is 6.77. The topological polar surface area (TPSA) is 127 Å². The van der Waals surface area contributed by atoms with E-state index in [1.54, 1.807) is 0 Å². The van der Waals surface area contributed by atoms with Crippen LogP contribution in [0.25, 0.3) is 28.2 Å². The maximum absolute atomic E-state index is 12.7. The Morgan fingerprint density at radius 2 is 1.86 bits per heavy atom. The Kier molecular flexibility index (Phi) is 4.38. The van der Waals surface area contributed by atoms with E-state index in [9.17, 15) is 4.79 Å². The summed E-state index contributed by atoms with van der Waals surface area (Å²) in [5.41, 5.74) is 7.60. The molecule has 28 heavy (non-hydrogen) atoms. The molecule has 4 aromatic rings. The van der Waals surface area contributed by atoms with E-state index < -0.39 is 0 Å². The second-order valence-electron chi connectivity index (χ2n) is 6.32. The van der Waals surface area contributed by atoms with E-state index in [1.165, 1.54) is 10.6 Å². The molecule has 2 heterocycles. The second-order valence-corrected chi connectivity index (χ2v) is 6.32. The van der Waals surface area contributed by atoms with Crippen molar-refractivity contribution >= 4 is 11.5 Å². The molecule has 8 heteroatoms. The molecule has 0 aliphatic rings. The minimum absolute atomic E-state index is 0.194. The molecule has 0 amide bonds. The lowest BCUT2D eigenvalue weighted by molar-refractivity contribution is 0.904. The molecule has 2 aromatic carbocycles. The highest BCUT2D eigenvalue weighted by Crippen LogP contribution is 2.25. The predicted molar refractivity (Wildman–Crippen MR) is 109 cm³/mol. The number of H-pyrrole nitrogens is 1. The normalized spacial score (nSPS) is 11.7. The van der Waals surface area contributed by atoms with Gasteiger partial charge in [0.1, 0.15) is 0 Å². The average Bonchev–Trinajstić information content (AvgIpc) is 3.07. The minimum atomic E-state index is -0.194. The Morgan fingerprint density at radius 3 is 2.57 bits per heavy atom. The summed E-state index contributed by atoms with van der Waals surface area (Å²) in [5.74, 6) is 11.1. The monoisotopic (exact) mass is 373 g/mol. The lowest BCUT2D eigenvalue weighted by Gasteiger charge is -2.07. The van der Waals surface area contributed by atoms with E-state index >= 15 is 0 Å². The molecule has 0 aliphatic carbocycles. The molecule has 6 N–H and O–H groups in total. The van der Waals surface area contributed by atoms with Crippen molar-refractivity contribution in [1.82, 2.24) is 20.0 Å². The number of aromatic nitrogens is 3. The number of hydrazone groups is 1. The number of hydrazine groups is 1. The zero-order valence-electron chi connectivity index (χ0n) is 15.2. The third-order valence-electron chi connectivity index (χ3n) is 4.61. The molecule has 0 saturated carbocycles. The fraction of sp³-hybridized carbons (Fsp3) is 0.0500. The SMILES string of the molecule is Cc1c(-c2ccccc2)[nH]n2c(=O)cc(-c3cccc(/C(=N/N)NN)c3)nc12. The second kappa shape index (κ2) is 7.01. The highest BCUT2D eigenvalue weighted by atomic mass is 16.1. The van der Waals surface area contributed by atoms with Crippen LogP contribution in [0.15, 0.2) is 70.6 Å². The first kappa shape index (κ1) is 17.5. The van der Waals surface area contributed by atoms with Crippen LogP contribution in [0.1, 0.15) is 11.1 Å². The zero-order chi connectivity index (χ0) is 19.7. The Labute approximate surface area is 160 Å². The van der Waals surface area contributed by atoms with Crippen LogP contribution >= 0.6 is 0 Å². The molecule has 2 aromatic heterocycles. The molecule has 8 nitrogen and oxygen atoms in total. The van der Waals surface area contributed by atoms with E-state index in [0.717, 1.165) is 22.4 Å². The van der Waals surface area contributed by atoms with Crippen molar-refractivity contribution < 1.29 is 0 Å². The molecule has 0 unspecified atom stereocenters. The Balaban J connectivity index is 1.88. The lowest BCUT2D eigenvalue weighted by Crippen LogP contribution is -2.32. The smallest absolute Gasteiger partial charge is 0.273 e. The van der Waals surface area contributed by atoms with E-state index in [0.29, 0.717) is 22.7 Å². The van der Waals surface area contributed by atoms with Gasteiger partial charge in [-0.15, -0.1) is 0 Å². The quantitative estimate of drug-likeness (QED) is 0.188. The number of hydrogen-bond acceptors (Lipinski definition) is 5. The number of nitrogens with zero attached hydrogens (tertiary/aromatic N) is 3. The number of hydrogen-bond donors (Lipinski definition) is 4. The van der Waals surface area contributed by atoms with Gasteiger partial charge < -0.3 is 11.3 Å². The van der Waals surface area contributed by atoms with E-state index in [4.69, 9.17) is 16.7 Å². The third kappa shape index (κ3) is 2.91. The van der Waals surface area contributed by atoms with Crippen molar-refractivity contribution in [2.45, 2.75) is 6.92 Å². The van der Waals surface area contributed by atoms with Gasteiger partial charge in [-0.05, 0) is 18.6 Å². The maximum atomic E-state index is 12.7. The number of aromatic amines is 1. The molecular formula is C20H19N7O. The molecule has 0 aliphatic heterocycles. The number of aryl methyl sites for hydroxylation is 1. The Hall–Kier alpha value is -3.91. The van der Waals surface area contributed by atoms with Gasteiger partial charge in [0.05, 0.1) is 11.4 Å². The van der Waals surface area contributed by atoms with Crippen molar-refractivity contribution in [1.29, 1.82) is 0 Å². The average molecular weight is 373 g/mol. The fourth-order valence-electron chi connectivity index (χ4n) is 3.20. The third-order valence-corrected chi connectivity index (χ3v) is 4.61. The molecule has 4 rings (SSSR count). The van der Waals surface area contributed by atoms with Crippen molar-refractivity contribution in [3.8, 4) is 22.5 Å². The minimum Gasteiger partial charge on any atom is -0.321 e. The number of rotatable bonds is 3. The highest BCUT2D eigenvalue weighted by Gasteiger charge is 2.14. The number of benzene rings is 2. The molecule has 0 bridgehead atoms. The van der Waals surface area contributed by atoms with Gasteiger partial charge in [0.15, 0.2) is 11.5 Å². The van der Waals surface area contributed by atoms with Crippen LogP contribution in [0.4, 0.5) is 0 Å². The van der Waals surface area contributed by atoms with Crippen LogP contribution in [-0.4, -0.2) is 20.4 Å². The predicted octanol–water partition coefficient (Wildman–Crippen LogP) is 1.75. The molecule has 0 atom stereocenters. The van der Waals surface area contributed by atoms with E-state index in [-0.39, 0.29) is 5.56 Å². The molecule has 0 saturated heterocycles. The summed E-state index contributed by atoms with van der Waals surface area (Å²) >= 11 is 0. The van der Waals surface area contributed by atoms with Gasteiger partial charge in [-0.3, -0.25) is 9.89 Å². The van der Waals surface area contributed by atoms with Crippen molar-refractivity contribution in [2.24, 2.45) is 16.8 Å². The number of fused-ring (bicyclic) bond motifs is 1. The first-order valence-electron chi connectivity index (χ1n) is 8.65. The number of amidine groups is 1. The van der Waals surface area contributed by atoms with Crippen LogP contribution in [0.2, 0.25) is 0 Å². The van der Waals surface area contributed by atoms with Crippen LogP contribution in [0.3, 0.4) is 0 Å². The molecule has 140 valence electrons. The Morgan fingerprint density at radius 1 is 1.11 bits per heavy atom. The highest BCUT2D eigenvalue weighted by molar-refractivity contribution is 5.99. The lowest BCUT2D eigenvalue weighted by atomic mass is 10.1. The molecule has 0 spiro atoms. The van der Waals surface area contributed by atoms with E-state index in [2.05, 4.69) is 15.6 Å². The summed E-state index contributed by atoms with van der Waals surface area (Å²) in [6, 6.07) is 18.7. The summed E-state index contributed by atoms with van der Waals surface area (Å²) in [7, 11) is 0. The first-order chi connectivity index (χ1) is 13.6. The summed E-state index contributed by atoms with van der Waals surface area (Å²) in [6.07, 6.45) is 0. The first-order valence-corrected chi connectivity index (χ1v) is 8.65. The van der Waals surface area contributed by atoms with Crippen molar-refractivity contribution in [3.05, 3.63) is 82.1 Å². The summed E-state index contributed by atoms with van der Waals surface area (Å²) < 4.78 is 1.46. The molecular weight excluding hydrogens is 354 g/mol. The van der Waals surface area contributed by atoms with E-state index in [1.807, 2.05) is 61.5 Å². The van der Waals surface area contributed by atoms with Gasteiger partial charge in [0.2, 0.25) is 0 Å². The maximum Gasteiger partial charge on any atom is 0.273 e. The van der Waals surface area contributed by atoms with Crippen LogP contribution in [-0.2, 0) is 0 Å². The standard InChI is InChI=1S/C20H19N7O/c1-12-18(13-6-3-2-4-7-13)26-27-17(28)11-16(23-20(12)27)14-8-5-9-15(10-14)19(24-21)25-22/h2-11,26H,21-22H2,1H3,(H,24,25). The van der Waals surface area contributed by atoms with Crippen molar-refractivity contribution in [3.63, 3.8) is 0 Å². The number of nitrogens with two attached hydrogens (primary N) is 2. The summed E-state index contributed by atoms with van der Waals surface area (Å²) in [6.45, 7) is 1.94. The van der Waals surface area contributed by atoms with Gasteiger partial charge in [-0.2, -0.15) is 5.10 Å². The van der Waals surface area contributed by atoms with Crippen molar-refractivity contribution in [2.75, 3.05) is 0 Å². The number of nitrogens with one attached hydrogen (secondary N) is 2.